The smallest absolute Gasteiger partial charge is 0.160 e. The van der Waals surface area contributed by atoms with E-state index in [1.807, 2.05) is 20.0 Å². The molecule has 0 aliphatic carbocycles. The number of rotatable bonds is 1. The highest BCUT2D eigenvalue weighted by Gasteiger charge is 2.26. The summed E-state index contributed by atoms with van der Waals surface area (Å²) < 4.78 is 1.74. The monoisotopic (exact) mass is 349 g/mol. The number of thiophene rings is 1. The molecule has 4 heterocycles. The van der Waals surface area contributed by atoms with Crippen LogP contribution in [-0.2, 0) is 20.0 Å². The summed E-state index contributed by atoms with van der Waals surface area (Å²) in [4.78, 5) is 7.88. The Bertz CT molecular complexity index is 1090. The lowest BCUT2D eigenvalue weighted by atomic mass is 10.0. The van der Waals surface area contributed by atoms with E-state index in [9.17, 15) is 10.5 Å². The summed E-state index contributed by atoms with van der Waals surface area (Å²) in [5.41, 5.74) is 9.77. The number of hydrogen-bond acceptors (Lipinski definition) is 7. The van der Waals surface area contributed by atoms with E-state index in [1.54, 1.807) is 4.68 Å². The Kier molecular flexibility index (Phi) is 3.38. The maximum atomic E-state index is 9.58. The number of nitrogens with zero attached hydrogens (tertiary/aromatic N) is 6. The molecule has 0 fully saturated rings. The highest BCUT2D eigenvalue weighted by atomic mass is 32.1. The second kappa shape index (κ2) is 5.47. The number of hydrogen-bond donors (Lipinski definition) is 1. The molecule has 8 heteroatoms. The minimum Gasteiger partial charge on any atom is -0.389 e. The molecule has 124 valence electrons. The molecule has 0 spiro atoms. The summed E-state index contributed by atoms with van der Waals surface area (Å²) in [5, 5.41) is 24.7. The summed E-state index contributed by atoms with van der Waals surface area (Å²) in [7, 11) is 1.85. The topological polar surface area (TPSA) is 108 Å². The predicted molar refractivity (Wildman–Crippen MR) is 96.2 cm³/mol. The number of nitriles is 2. The van der Waals surface area contributed by atoms with Crippen molar-refractivity contribution in [3.8, 4) is 12.1 Å². The van der Waals surface area contributed by atoms with E-state index in [0.29, 0.717) is 35.0 Å². The van der Waals surface area contributed by atoms with Gasteiger partial charge in [0.15, 0.2) is 5.65 Å². The van der Waals surface area contributed by atoms with Crippen LogP contribution in [0, 0.1) is 29.6 Å². The second-order valence-electron chi connectivity index (χ2n) is 6.08. The van der Waals surface area contributed by atoms with Crippen molar-refractivity contribution in [1.82, 2.24) is 14.8 Å². The molecule has 0 amide bonds. The number of pyridine rings is 1. The van der Waals surface area contributed by atoms with Crippen LogP contribution in [0.1, 0.15) is 27.3 Å². The van der Waals surface area contributed by atoms with Crippen LogP contribution in [0.5, 0.6) is 0 Å². The van der Waals surface area contributed by atoms with Gasteiger partial charge in [0.1, 0.15) is 23.0 Å². The lowest BCUT2D eigenvalue weighted by Crippen LogP contribution is -2.31. The minimum absolute atomic E-state index is 0.539. The van der Waals surface area contributed by atoms with Gasteiger partial charge in [0, 0.05) is 23.9 Å². The molecule has 3 aromatic rings. The van der Waals surface area contributed by atoms with Crippen LogP contribution < -0.4 is 10.6 Å². The van der Waals surface area contributed by atoms with Gasteiger partial charge in [-0.05, 0) is 25.0 Å². The molecule has 0 bridgehead atoms. The molecule has 2 N–H and O–H groups in total. The first-order valence-electron chi connectivity index (χ1n) is 7.83. The van der Waals surface area contributed by atoms with Gasteiger partial charge < -0.3 is 10.6 Å². The fraction of sp³-hybridized carbons (Fsp3) is 0.294. The van der Waals surface area contributed by atoms with Gasteiger partial charge in [0.25, 0.3) is 0 Å². The van der Waals surface area contributed by atoms with Crippen LogP contribution in [0.2, 0.25) is 0 Å². The molecule has 4 rings (SSSR count). The SMILES string of the molecule is Cc1nn(C)c2nc(N3CCc4c(sc(N)c4C#N)C3)c(C#N)cc12. The Hall–Kier alpha value is -3.10. The normalized spacial score (nSPS) is 13.5. The van der Waals surface area contributed by atoms with Gasteiger partial charge in [-0.1, -0.05) is 0 Å². The summed E-state index contributed by atoms with van der Waals surface area (Å²) in [6.07, 6.45) is 0.723. The molecule has 25 heavy (non-hydrogen) atoms. The molecule has 0 radical (unpaired) electrons. The number of anilines is 2. The van der Waals surface area contributed by atoms with Gasteiger partial charge in [-0.2, -0.15) is 15.6 Å². The van der Waals surface area contributed by atoms with Gasteiger partial charge >= 0.3 is 0 Å². The molecule has 7 nitrogen and oxygen atoms in total. The molecule has 3 aromatic heterocycles. The van der Waals surface area contributed by atoms with Gasteiger partial charge in [0.05, 0.1) is 23.4 Å². The van der Waals surface area contributed by atoms with E-state index in [-0.39, 0.29) is 0 Å². The lowest BCUT2D eigenvalue weighted by molar-refractivity contribution is 0.727. The van der Waals surface area contributed by atoms with Crippen molar-refractivity contribution in [2.75, 3.05) is 17.2 Å². The number of nitrogen functional groups attached to an aromatic ring is 1. The van der Waals surface area contributed by atoms with Crippen molar-refractivity contribution >= 4 is 33.2 Å². The third kappa shape index (κ3) is 2.23. The Morgan fingerprint density at radius 2 is 2.12 bits per heavy atom. The van der Waals surface area contributed by atoms with Crippen molar-refractivity contribution < 1.29 is 0 Å². The average molecular weight is 349 g/mol. The van der Waals surface area contributed by atoms with Gasteiger partial charge in [-0.15, -0.1) is 11.3 Å². The van der Waals surface area contributed by atoms with Crippen LogP contribution in [0.3, 0.4) is 0 Å². The quantitative estimate of drug-likeness (QED) is 0.722. The number of aromatic nitrogens is 3. The Morgan fingerprint density at radius 3 is 2.84 bits per heavy atom. The minimum atomic E-state index is 0.539. The summed E-state index contributed by atoms with van der Waals surface area (Å²) in [6, 6.07) is 6.32. The van der Waals surface area contributed by atoms with Crippen LogP contribution in [-0.4, -0.2) is 21.3 Å². The number of nitrogens with two attached hydrogens (primary N) is 1. The van der Waals surface area contributed by atoms with Crippen LogP contribution in [0.15, 0.2) is 6.07 Å². The predicted octanol–water partition coefficient (Wildman–Crippen LogP) is 2.23. The van der Waals surface area contributed by atoms with Crippen LogP contribution >= 0.6 is 11.3 Å². The van der Waals surface area contributed by atoms with E-state index in [0.717, 1.165) is 33.6 Å². The molecular weight excluding hydrogens is 334 g/mol. The van der Waals surface area contributed by atoms with Crippen molar-refractivity contribution in [2.45, 2.75) is 19.9 Å². The Morgan fingerprint density at radius 1 is 1.32 bits per heavy atom. The maximum Gasteiger partial charge on any atom is 0.160 e. The first kappa shape index (κ1) is 15.4. The molecule has 0 atom stereocenters. The molecule has 0 saturated heterocycles. The first-order chi connectivity index (χ1) is 12.0. The first-order valence-corrected chi connectivity index (χ1v) is 8.64. The van der Waals surface area contributed by atoms with Gasteiger partial charge in [-0.25, -0.2) is 4.98 Å². The summed E-state index contributed by atoms with van der Waals surface area (Å²) in [5.74, 6) is 0.661. The largest absolute Gasteiger partial charge is 0.389 e. The molecule has 1 aliphatic heterocycles. The Balaban J connectivity index is 1.81. The van der Waals surface area contributed by atoms with E-state index < -0.39 is 0 Å². The van der Waals surface area contributed by atoms with E-state index in [2.05, 4.69) is 22.1 Å². The lowest BCUT2D eigenvalue weighted by Gasteiger charge is -2.28. The number of fused-ring (bicyclic) bond motifs is 2. The zero-order valence-corrected chi connectivity index (χ0v) is 14.7. The highest BCUT2D eigenvalue weighted by Crippen LogP contribution is 2.36. The molecule has 1 aliphatic rings. The summed E-state index contributed by atoms with van der Waals surface area (Å²) >= 11 is 1.45. The Labute approximate surface area is 148 Å². The van der Waals surface area contributed by atoms with Crippen molar-refractivity contribution in [2.24, 2.45) is 7.05 Å². The standard InChI is InChI=1S/C17H15N7S/c1-9-12-5-10(6-18)16(21-17(12)23(2)22-9)24-4-3-11-13(7-19)15(20)25-14(11)8-24/h5H,3-4,8,20H2,1-2H3. The highest BCUT2D eigenvalue weighted by molar-refractivity contribution is 7.16. The van der Waals surface area contributed by atoms with Gasteiger partial charge in [0.2, 0.25) is 0 Å². The molecule has 0 saturated carbocycles. The van der Waals surface area contributed by atoms with Crippen molar-refractivity contribution in [1.29, 1.82) is 10.5 Å². The zero-order valence-electron chi connectivity index (χ0n) is 13.9. The van der Waals surface area contributed by atoms with Crippen molar-refractivity contribution in [3.63, 3.8) is 0 Å². The van der Waals surface area contributed by atoms with Crippen LogP contribution in [0.4, 0.5) is 10.8 Å². The fourth-order valence-corrected chi connectivity index (χ4v) is 4.47. The van der Waals surface area contributed by atoms with E-state index >= 15 is 0 Å². The molecular formula is C17H15N7S. The van der Waals surface area contributed by atoms with E-state index in [4.69, 9.17) is 10.7 Å². The maximum absolute atomic E-state index is 9.58. The molecule has 0 unspecified atom stereocenters. The zero-order chi connectivity index (χ0) is 17.7. The average Bonchev–Trinajstić information content (AvgIpc) is 3.08. The van der Waals surface area contributed by atoms with Crippen molar-refractivity contribution in [3.05, 3.63) is 33.3 Å². The third-order valence-corrected chi connectivity index (χ3v) is 5.64. The number of aryl methyl sites for hydroxylation is 2. The summed E-state index contributed by atoms with van der Waals surface area (Å²) in [6.45, 7) is 3.22. The molecule has 0 aromatic carbocycles. The van der Waals surface area contributed by atoms with E-state index in [1.165, 1.54) is 11.3 Å². The second-order valence-corrected chi connectivity index (χ2v) is 7.21. The fourth-order valence-electron chi connectivity index (χ4n) is 3.38. The third-order valence-electron chi connectivity index (χ3n) is 4.59. The van der Waals surface area contributed by atoms with Crippen LogP contribution in [0.25, 0.3) is 11.0 Å². The van der Waals surface area contributed by atoms with Gasteiger partial charge in [-0.3, -0.25) is 4.68 Å².